The zero-order valence-electron chi connectivity index (χ0n) is 12.9. The molecule has 0 saturated carbocycles. The van der Waals surface area contributed by atoms with Gasteiger partial charge in [-0.1, -0.05) is 13.0 Å². The Labute approximate surface area is 126 Å². The summed E-state index contributed by atoms with van der Waals surface area (Å²) in [5, 5.41) is 3.52. The second-order valence-corrected chi connectivity index (χ2v) is 4.92. The minimum Gasteiger partial charge on any atom is -0.493 e. The van der Waals surface area contributed by atoms with Gasteiger partial charge in [0.1, 0.15) is 5.76 Å². The second kappa shape index (κ2) is 7.74. The second-order valence-electron chi connectivity index (χ2n) is 4.92. The lowest BCUT2D eigenvalue weighted by Gasteiger charge is -2.17. The molecule has 1 atom stereocenters. The number of hydrogen-bond acceptors (Lipinski definition) is 4. The van der Waals surface area contributed by atoms with Gasteiger partial charge in [-0.3, -0.25) is 0 Å². The lowest BCUT2D eigenvalue weighted by molar-refractivity contribution is 0.354. The maximum atomic E-state index is 5.55. The lowest BCUT2D eigenvalue weighted by Crippen LogP contribution is -2.23. The molecule has 0 radical (unpaired) electrons. The zero-order valence-corrected chi connectivity index (χ0v) is 12.9. The van der Waals surface area contributed by atoms with E-state index in [1.807, 2.05) is 24.3 Å². The number of rotatable bonds is 8. The molecule has 1 N–H and O–H groups in total. The van der Waals surface area contributed by atoms with Gasteiger partial charge >= 0.3 is 0 Å². The van der Waals surface area contributed by atoms with Crippen LogP contribution in [0, 0.1) is 0 Å². The number of ether oxygens (including phenoxy) is 2. The molecule has 2 rings (SSSR count). The Bertz CT molecular complexity index is 537. The molecule has 2 aromatic rings. The summed E-state index contributed by atoms with van der Waals surface area (Å²) in [5.74, 6) is 2.46. The Hall–Kier alpha value is -1.94. The maximum Gasteiger partial charge on any atom is 0.160 e. The van der Waals surface area contributed by atoms with Gasteiger partial charge in [-0.05, 0) is 49.2 Å². The molecular weight excluding hydrogens is 266 g/mol. The average molecular weight is 289 g/mol. The highest BCUT2D eigenvalue weighted by atomic mass is 16.5. The van der Waals surface area contributed by atoms with Crippen LogP contribution in [0.5, 0.6) is 11.5 Å². The number of furan rings is 1. The molecule has 0 bridgehead atoms. The molecule has 1 aromatic carbocycles. The van der Waals surface area contributed by atoms with Gasteiger partial charge in [0.25, 0.3) is 0 Å². The van der Waals surface area contributed by atoms with Gasteiger partial charge in [0.15, 0.2) is 11.5 Å². The Morgan fingerprint density at radius 1 is 1.14 bits per heavy atom. The summed E-state index contributed by atoms with van der Waals surface area (Å²) in [6, 6.07) is 10.1. The summed E-state index contributed by atoms with van der Waals surface area (Å²) in [7, 11) is 3.30. The Morgan fingerprint density at radius 3 is 2.57 bits per heavy atom. The van der Waals surface area contributed by atoms with Crippen molar-refractivity contribution in [2.75, 3.05) is 20.8 Å². The van der Waals surface area contributed by atoms with Gasteiger partial charge in [-0.15, -0.1) is 0 Å². The molecule has 1 unspecified atom stereocenters. The lowest BCUT2D eigenvalue weighted by atomic mass is 10.0. The van der Waals surface area contributed by atoms with E-state index in [0.29, 0.717) is 0 Å². The fourth-order valence-electron chi connectivity index (χ4n) is 2.32. The Balaban J connectivity index is 2.16. The summed E-state index contributed by atoms with van der Waals surface area (Å²) < 4.78 is 16.2. The molecular formula is C17H23NO3. The number of methoxy groups -OCH3 is 2. The van der Waals surface area contributed by atoms with E-state index < -0.39 is 0 Å². The summed E-state index contributed by atoms with van der Waals surface area (Å²) in [6.45, 7) is 3.11. The molecule has 1 heterocycles. The first kappa shape index (κ1) is 15.4. The van der Waals surface area contributed by atoms with Gasteiger partial charge in [0, 0.05) is 0 Å². The van der Waals surface area contributed by atoms with Gasteiger partial charge in [0.05, 0.1) is 26.5 Å². The molecule has 4 heteroatoms. The summed E-state index contributed by atoms with van der Waals surface area (Å²) in [4.78, 5) is 0. The normalized spacial score (nSPS) is 12.1. The predicted molar refractivity (Wildman–Crippen MR) is 83.0 cm³/mol. The minimum atomic E-state index is 0.165. The van der Waals surface area contributed by atoms with Gasteiger partial charge < -0.3 is 19.2 Å². The van der Waals surface area contributed by atoms with Gasteiger partial charge in [0.2, 0.25) is 0 Å². The molecule has 0 aliphatic heterocycles. The van der Waals surface area contributed by atoms with Crippen LogP contribution in [0.2, 0.25) is 0 Å². The molecule has 4 nitrogen and oxygen atoms in total. The highest BCUT2D eigenvalue weighted by Gasteiger charge is 2.15. The molecule has 0 aliphatic rings. The standard InChI is InChI=1S/C17H23NO3/c1-4-9-18-14(15-6-5-10-21-15)11-13-7-8-16(19-2)17(12-13)20-3/h5-8,10,12,14,18H,4,9,11H2,1-3H3. The van der Waals surface area contributed by atoms with Crippen LogP contribution in [-0.4, -0.2) is 20.8 Å². The van der Waals surface area contributed by atoms with E-state index in [-0.39, 0.29) is 6.04 Å². The van der Waals surface area contributed by atoms with E-state index in [2.05, 4.69) is 18.3 Å². The minimum absolute atomic E-state index is 0.165. The fourth-order valence-corrected chi connectivity index (χ4v) is 2.32. The first-order chi connectivity index (χ1) is 10.3. The number of nitrogens with one attached hydrogen (secondary N) is 1. The third kappa shape index (κ3) is 4.02. The van der Waals surface area contributed by atoms with Gasteiger partial charge in [-0.25, -0.2) is 0 Å². The van der Waals surface area contributed by atoms with E-state index in [1.54, 1.807) is 20.5 Å². The molecule has 21 heavy (non-hydrogen) atoms. The smallest absolute Gasteiger partial charge is 0.160 e. The van der Waals surface area contributed by atoms with Crippen molar-refractivity contribution in [2.45, 2.75) is 25.8 Å². The van der Waals surface area contributed by atoms with Crippen LogP contribution in [-0.2, 0) is 6.42 Å². The van der Waals surface area contributed by atoms with Crippen LogP contribution in [0.4, 0.5) is 0 Å². The van der Waals surface area contributed by atoms with E-state index in [9.17, 15) is 0 Å². The Kier molecular flexibility index (Phi) is 5.69. The molecule has 0 fully saturated rings. The zero-order chi connectivity index (χ0) is 15.1. The van der Waals surface area contributed by atoms with Crippen molar-refractivity contribution >= 4 is 0 Å². The monoisotopic (exact) mass is 289 g/mol. The van der Waals surface area contributed by atoms with Crippen molar-refractivity contribution in [1.29, 1.82) is 0 Å². The van der Waals surface area contributed by atoms with Crippen LogP contribution in [0.15, 0.2) is 41.0 Å². The Morgan fingerprint density at radius 2 is 1.95 bits per heavy atom. The van der Waals surface area contributed by atoms with Crippen LogP contribution in [0.25, 0.3) is 0 Å². The van der Waals surface area contributed by atoms with Crippen LogP contribution >= 0.6 is 0 Å². The van der Waals surface area contributed by atoms with E-state index >= 15 is 0 Å². The van der Waals surface area contributed by atoms with Crippen LogP contribution in [0.1, 0.15) is 30.7 Å². The average Bonchev–Trinajstić information content (AvgIpc) is 3.05. The first-order valence-electron chi connectivity index (χ1n) is 7.26. The number of benzene rings is 1. The van der Waals surface area contributed by atoms with E-state index in [4.69, 9.17) is 13.9 Å². The van der Waals surface area contributed by atoms with Crippen molar-refractivity contribution in [2.24, 2.45) is 0 Å². The fraction of sp³-hybridized carbons (Fsp3) is 0.412. The molecule has 0 saturated heterocycles. The predicted octanol–water partition coefficient (Wildman–Crippen LogP) is 3.58. The molecule has 0 spiro atoms. The van der Waals surface area contributed by atoms with Gasteiger partial charge in [-0.2, -0.15) is 0 Å². The molecule has 0 aliphatic carbocycles. The van der Waals surface area contributed by atoms with Crippen molar-refractivity contribution in [3.05, 3.63) is 47.9 Å². The molecule has 0 amide bonds. The topological polar surface area (TPSA) is 43.6 Å². The third-order valence-electron chi connectivity index (χ3n) is 3.42. The molecule has 114 valence electrons. The summed E-state index contributed by atoms with van der Waals surface area (Å²) in [6.07, 6.45) is 3.64. The SMILES string of the molecule is CCCNC(Cc1ccc(OC)c(OC)c1)c1ccco1. The maximum absolute atomic E-state index is 5.55. The van der Waals surface area contributed by atoms with Crippen molar-refractivity contribution in [3.63, 3.8) is 0 Å². The third-order valence-corrected chi connectivity index (χ3v) is 3.42. The highest BCUT2D eigenvalue weighted by Crippen LogP contribution is 2.29. The van der Waals surface area contributed by atoms with E-state index in [1.165, 1.54) is 5.56 Å². The largest absolute Gasteiger partial charge is 0.493 e. The highest BCUT2D eigenvalue weighted by molar-refractivity contribution is 5.43. The quantitative estimate of drug-likeness (QED) is 0.806. The summed E-state index contributed by atoms with van der Waals surface area (Å²) in [5.41, 5.74) is 1.18. The van der Waals surface area contributed by atoms with Crippen LogP contribution < -0.4 is 14.8 Å². The van der Waals surface area contributed by atoms with Crippen molar-refractivity contribution in [1.82, 2.24) is 5.32 Å². The van der Waals surface area contributed by atoms with Crippen LogP contribution in [0.3, 0.4) is 0 Å². The first-order valence-corrected chi connectivity index (χ1v) is 7.26. The van der Waals surface area contributed by atoms with E-state index in [0.717, 1.165) is 36.6 Å². The van der Waals surface area contributed by atoms with Crippen molar-refractivity contribution in [3.8, 4) is 11.5 Å². The van der Waals surface area contributed by atoms with Crippen molar-refractivity contribution < 1.29 is 13.9 Å². The number of hydrogen-bond donors (Lipinski definition) is 1. The summed E-state index contributed by atoms with van der Waals surface area (Å²) >= 11 is 0. The molecule has 1 aromatic heterocycles.